The van der Waals surface area contributed by atoms with E-state index < -0.39 is 0 Å². The molecule has 0 aliphatic heterocycles. The zero-order valence-corrected chi connectivity index (χ0v) is 16.6. The highest BCUT2D eigenvalue weighted by Gasteiger charge is 2.04. The quantitative estimate of drug-likeness (QED) is 0.161. The van der Waals surface area contributed by atoms with Crippen LogP contribution in [-0.4, -0.2) is 25.8 Å². The van der Waals surface area contributed by atoms with Gasteiger partial charge < -0.3 is 9.53 Å². The second kappa shape index (κ2) is 19.4. The Bertz CT molecular complexity index is 336. The molecule has 0 aliphatic carbocycles. The molecule has 146 valence electrons. The molecular weight excluding hydrogens is 312 g/mol. The Morgan fingerprint density at radius 1 is 0.920 bits per heavy atom. The third kappa shape index (κ3) is 17.6. The van der Waals surface area contributed by atoms with Gasteiger partial charge in [0, 0.05) is 32.5 Å². The van der Waals surface area contributed by atoms with Gasteiger partial charge in [-0.15, -0.1) is 0 Å². The Kier molecular flexibility index (Phi) is 18.6. The zero-order chi connectivity index (χ0) is 18.6. The molecule has 0 rings (SSSR count). The molecule has 0 spiro atoms. The van der Waals surface area contributed by atoms with Gasteiger partial charge in [-0.3, -0.25) is 4.79 Å². The van der Waals surface area contributed by atoms with Gasteiger partial charge in [-0.25, -0.2) is 0 Å². The topological polar surface area (TPSA) is 43.4 Å². The molecule has 25 heavy (non-hydrogen) atoms. The van der Waals surface area contributed by atoms with Gasteiger partial charge in [0.25, 0.3) is 0 Å². The fourth-order valence-electron chi connectivity index (χ4n) is 2.89. The molecular formula is C22H40O3. The number of carbonyl (C=O) groups is 2. The normalized spacial score (nSPS) is 12.6. The molecule has 0 fully saturated rings. The Morgan fingerprint density at radius 3 is 2.16 bits per heavy atom. The van der Waals surface area contributed by atoms with E-state index in [-0.39, 0.29) is 5.92 Å². The van der Waals surface area contributed by atoms with E-state index in [1.807, 2.05) is 0 Å². The smallest absolute Gasteiger partial charge is 0.132 e. The third-order valence-electron chi connectivity index (χ3n) is 4.63. The van der Waals surface area contributed by atoms with E-state index in [2.05, 4.69) is 19.1 Å². The van der Waals surface area contributed by atoms with Crippen molar-refractivity contribution in [3.63, 3.8) is 0 Å². The van der Waals surface area contributed by atoms with Crippen molar-refractivity contribution in [2.45, 2.75) is 96.8 Å². The van der Waals surface area contributed by atoms with Crippen LogP contribution in [-0.2, 0) is 14.3 Å². The summed E-state index contributed by atoms with van der Waals surface area (Å²) in [5, 5.41) is 0. The lowest BCUT2D eigenvalue weighted by molar-refractivity contribution is -0.119. The minimum absolute atomic E-state index is 0.0872. The highest BCUT2D eigenvalue weighted by Crippen LogP contribution is 2.11. The number of allylic oxidation sites excluding steroid dienone is 2. The van der Waals surface area contributed by atoms with Gasteiger partial charge in [0.1, 0.15) is 12.1 Å². The maximum atomic E-state index is 11.8. The Morgan fingerprint density at radius 2 is 1.56 bits per heavy atom. The van der Waals surface area contributed by atoms with E-state index in [4.69, 9.17) is 4.74 Å². The Labute approximate surface area is 155 Å². The number of ketones is 1. The first-order valence-corrected chi connectivity index (χ1v) is 10.4. The number of ether oxygens (including phenoxy) is 1. The number of hydrogen-bond donors (Lipinski definition) is 0. The fourth-order valence-corrected chi connectivity index (χ4v) is 2.89. The summed E-state index contributed by atoms with van der Waals surface area (Å²) in [5.41, 5.74) is 0. The highest BCUT2D eigenvalue weighted by molar-refractivity contribution is 5.78. The summed E-state index contributed by atoms with van der Waals surface area (Å²) in [5.74, 6) is 0.538. The van der Waals surface area contributed by atoms with Gasteiger partial charge in [0.05, 0.1) is 0 Å². The van der Waals surface area contributed by atoms with E-state index in [9.17, 15) is 9.59 Å². The Hall–Kier alpha value is -0.960. The lowest BCUT2D eigenvalue weighted by Gasteiger charge is -2.05. The molecule has 0 aromatic carbocycles. The summed E-state index contributed by atoms with van der Waals surface area (Å²) in [6.07, 6.45) is 20.3. The minimum Gasteiger partial charge on any atom is -0.385 e. The van der Waals surface area contributed by atoms with Crippen molar-refractivity contribution in [3.05, 3.63) is 12.2 Å². The third-order valence-corrected chi connectivity index (χ3v) is 4.63. The van der Waals surface area contributed by atoms with Crippen LogP contribution in [0.15, 0.2) is 12.2 Å². The summed E-state index contributed by atoms with van der Waals surface area (Å²) in [6, 6.07) is 0. The monoisotopic (exact) mass is 352 g/mol. The number of rotatable bonds is 19. The van der Waals surface area contributed by atoms with Gasteiger partial charge in [-0.1, -0.05) is 57.6 Å². The predicted molar refractivity (Wildman–Crippen MR) is 106 cm³/mol. The van der Waals surface area contributed by atoms with Gasteiger partial charge in [-0.05, 0) is 38.5 Å². The van der Waals surface area contributed by atoms with Gasteiger partial charge in [0.15, 0.2) is 0 Å². The van der Waals surface area contributed by atoms with Crippen LogP contribution in [0, 0.1) is 5.92 Å². The van der Waals surface area contributed by atoms with E-state index >= 15 is 0 Å². The van der Waals surface area contributed by atoms with Crippen LogP contribution in [0.25, 0.3) is 0 Å². The standard InChI is InChI=1S/C22H40O3/c1-3-4-5-9-13-16-22(24)17-14-11-8-6-7-10-12-15-21(20-23)18-19-25-2/h10,12,20-21H,3-9,11,13-19H2,1-2H3/b12-10+/t21-/m0/s1. The largest absolute Gasteiger partial charge is 0.385 e. The van der Waals surface area contributed by atoms with Crippen LogP contribution >= 0.6 is 0 Å². The maximum Gasteiger partial charge on any atom is 0.132 e. The van der Waals surface area contributed by atoms with Crippen LogP contribution in [0.1, 0.15) is 96.8 Å². The van der Waals surface area contributed by atoms with Crippen LogP contribution in [0.2, 0.25) is 0 Å². The van der Waals surface area contributed by atoms with Crippen molar-refractivity contribution in [3.8, 4) is 0 Å². The van der Waals surface area contributed by atoms with Crippen molar-refractivity contribution in [1.82, 2.24) is 0 Å². The molecule has 3 nitrogen and oxygen atoms in total. The molecule has 0 radical (unpaired) electrons. The number of carbonyl (C=O) groups excluding carboxylic acids is 2. The summed E-state index contributed by atoms with van der Waals surface area (Å²) in [7, 11) is 1.67. The molecule has 0 aromatic heterocycles. The average Bonchev–Trinajstić information content (AvgIpc) is 2.62. The number of aldehydes is 1. The number of Topliss-reactive ketones (excluding diaryl/α,β-unsaturated/α-hetero) is 1. The second-order valence-corrected chi connectivity index (χ2v) is 7.04. The van der Waals surface area contributed by atoms with E-state index in [1.54, 1.807) is 7.11 Å². The molecule has 0 amide bonds. The molecule has 1 atom stereocenters. The number of hydrogen-bond acceptors (Lipinski definition) is 3. The SMILES string of the molecule is CCCCCCCC(=O)CCCCCC/C=C/C[C@H](C=O)CCOC. The van der Waals surface area contributed by atoms with Crippen molar-refractivity contribution in [2.24, 2.45) is 5.92 Å². The predicted octanol–water partition coefficient (Wildman–Crippen LogP) is 6.05. The van der Waals surface area contributed by atoms with E-state index in [0.29, 0.717) is 12.4 Å². The molecule has 0 saturated heterocycles. The first-order chi connectivity index (χ1) is 12.2. The summed E-state index contributed by atoms with van der Waals surface area (Å²) >= 11 is 0. The maximum absolute atomic E-state index is 11.8. The van der Waals surface area contributed by atoms with Crippen LogP contribution < -0.4 is 0 Å². The molecule has 0 N–H and O–H groups in total. The van der Waals surface area contributed by atoms with Gasteiger partial charge in [0.2, 0.25) is 0 Å². The van der Waals surface area contributed by atoms with Crippen LogP contribution in [0.5, 0.6) is 0 Å². The van der Waals surface area contributed by atoms with Gasteiger partial charge in [-0.2, -0.15) is 0 Å². The molecule has 0 aromatic rings. The molecule has 0 bridgehead atoms. The van der Waals surface area contributed by atoms with Gasteiger partial charge >= 0.3 is 0 Å². The lowest BCUT2D eigenvalue weighted by atomic mass is 10.0. The Balaban J connectivity index is 3.41. The van der Waals surface area contributed by atoms with Crippen molar-refractivity contribution in [2.75, 3.05) is 13.7 Å². The van der Waals surface area contributed by atoms with Crippen molar-refractivity contribution >= 4 is 12.1 Å². The highest BCUT2D eigenvalue weighted by atomic mass is 16.5. The number of unbranched alkanes of at least 4 members (excludes halogenated alkanes) is 8. The molecule has 3 heteroatoms. The molecule has 0 heterocycles. The minimum atomic E-state index is 0.0872. The fraction of sp³-hybridized carbons (Fsp3) is 0.818. The van der Waals surface area contributed by atoms with E-state index in [1.165, 1.54) is 38.5 Å². The lowest BCUT2D eigenvalue weighted by Crippen LogP contribution is -2.04. The zero-order valence-electron chi connectivity index (χ0n) is 16.6. The first-order valence-electron chi connectivity index (χ1n) is 10.4. The molecule has 0 saturated carbocycles. The van der Waals surface area contributed by atoms with E-state index in [0.717, 1.165) is 57.7 Å². The average molecular weight is 353 g/mol. The second-order valence-electron chi connectivity index (χ2n) is 7.04. The molecule has 0 aliphatic rings. The summed E-state index contributed by atoms with van der Waals surface area (Å²) in [6.45, 7) is 2.86. The summed E-state index contributed by atoms with van der Waals surface area (Å²) < 4.78 is 5.00. The number of methoxy groups -OCH3 is 1. The summed E-state index contributed by atoms with van der Waals surface area (Å²) in [4.78, 5) is 22.7. The first kappa shape index (κ1) is 24.0. The molecule has 0 unspecified atom stereocenters. The van der Waals surface area contributed by atoms with Crippen molar-refractivity contribution < 1.29 is 14.3 Å². The van der Waals surface area contributed by atoms with Crippen LogP contribution in [0.4, 0.5) is 0 Å². The van der Waals surface area contributed by atoms with Crippen LogP contribution in [0.3, 0.4) is 0 Å². The van der Waals surface area contributed by atoms with Crippen molar-refractivity contribution in [1.29, 1.82) is 0 Å².